The molecule has 3 rings (SSSR count). The molecular weight excluding hydrogens is 283 g/mol. The zero-order valence-corrected chi connectivity index (χ0v) is 12.4. The summed E-state index contributed by atoms with van der Waals surface area (Å²) in [5, 5.41) is 12.9. The van der Waals surface area contributed by atoms with E-state index >= 15 is 0 Å². The van der Waals surface area contributed by atoms with Crippen LogP contribution in [0.3, 0.4) is 0 Å². The zero-order chi connectivity index (χ0) is 15.5. The highest BCUT2D eigenvalue weighted by Gasteiger charge is 2.26. The fraction of sp³-hybridized carbons (Fsp3) is 0.438. The normalized spacial score (nSPS) is 18.2. The lowest BCUT2D eigenvalue weighted by molar-refractivity contribution is 0.368. The maximum atomic E-state index is 14.2. The van der Waals surface area contributed by atoms with Crippen LogP contribution in [-0.2, 0) is 6.42 Å². The van der Waals surface area contributed by atoms with Crippen molar-refractivity contribution in [3.05, 3.63) is 41.3 Å². The molecule has 1 aliphatic heterocycles. The number of hydrogen-bond acceptors (Lipinski definition) is 5. The molecule has 0 bridgehead atoms. The van der Waals surface area contributed by atoms with Crippen LogP contribution < -0.4 is 4.90 Å². The van der Waals surface area contributed by atoms with E-state index in [0.29, 0.717) is 35.9 Å². The molecule has 114 valence electrons. The van der Waals surface area contributed by atoms with Crippen LogP contribution in [0.25, 0.3) is 0 Å². The first-order valence-corrected chi connectivity index (χ1v) is 7.48. The number of rotatable bonds is 3. The number of nitrogens with zero attached hydrogens (tertiary/aromatic N) is 4. The van der Waals surface area contributed by atoms with E-state index < -0.39 is 0 Å². The second kappa shape index (κ2) is 6.14. The first-order valence-electron chi connectivity index (χ1n) is 7.48. The third kappa shape index (κ3) is 2.80. The Hall–Kier alpha value is -2.42. The van der Waals surface area contributed by atoms with Crippen molar-refractivity contribution in [2.45, 2.75) is 32.1 Å². The van der Waals surface area contributed by atoms with Crippen molar-refractivity contribution in [1.82, 2.24) is 10.1 Å². The van der Waals surface area contributed by atoms with Crippen LogP contribution in [0.1, 0.15) is 43.0 Å². The maximum absolute atomic E-state index is 14.2. The van der Waals surface area contributed by atoms with Gasteiger partial charge in [-0.25, -0.2) is 4.39 Å². The first kappa shape index (κ1) is 14.5. The molecule has 0 aliphatic carbocycles. The highest BCUT2D eigenvalue weighted by molar-refractivity contribution is 5.51. The molecule has 1 saturated heterocycles. The number of aryl methyl sites for hydroxylation is 1. The van der Waals surface area contributed by atoms with Crippen LogP contribution in [0.15, 0.2) is 22.7 Å². The molecule has 1 aliphatic rings. The Bertz CT molecular complexity index is 706. The lowest BCUT2D eigenvalue weighted by atomic mass is 9.96. The van der Waals surface area contributed by atoms with Gasteiger partial charge in [0.05, 0.1) is 17.3 Å². The van der Waals surface area contributed by atoms with Crippen LogP contribution in [-0.4, -0.2) is 23.2 Å². The fourth-order valence-corrected chi connectivity index (χ4v) is 2.82. The number of piperidine rings is 1. The van der Waals surface area contributed by atoms with Gasteiger partial charge in [-0.05, 0) is 31.0 Å². The van der Waals surface area contributed by atoms with Crippen molar-refractivity contribution in [3.63, 3.8) is 0 Å². The van der Waals surface area contributed by atoms with Gasteiger partial charge < -0.3 is 9.42 Å². The minimum atomic E-state index is -0.359. The van der Waals surface area contributed by atoms with E-state index in [9.17, 15) is 4.39 Å². The zero-order valence-electron chi connectivity index (χ0n) is 12.4. The van der Waals surface area contributed by atoms with Gasteiger partial charge in [0.1, 0.15) is 5.82 Å². The average Bonchev–Trinajstić information content (AvgIpc) is 3.04. The Morgan fingerprint density at radius 2 is 2.36 bits per heavy atom. The van der Waals surface area contributed by atoms with Gasteiger partial charge in [-0.2, -0.15) is 10.2 Å². The Labute approximate surface area is 128 Å². The lowest BCUT2D eigenvalue weighted by Crippen LogP contribution is -2.35. The van der Waals surface area contributed by atoms with Crippen LogP contribution >= 0.6 is 0 Å². The molecule has 0 amide bonds. The summed E-state index contributed by atoms with van der Waals surface area (Å²) in [4.78, 5) is 6.38. The van der Waals surface area contributed by atoms with Crippen LogP contribution in [0.4, 0.5) is 10.1 Å². The number of hydrogen-bond donors (Lipinski definition) is 0. The summed E-state index contributed by atoms with van der Waals surface area (Å²) in [6.45, 7) is 3.42. The fourth-order valence-electron chi connectivity index (χ4n) is 2.82. The van der Waals surface area contributed by atoms with E-state index in [4.69, 9.17) is 9.78 Å². The number of aromatic nitrogens is 2. The van der Waals surface area contributed by atoms with Crippen molar-refractivity contribution in [3.8, 4) is 6.07 Å². The molecule has 1 aromatic carbocycles. The highest BCUT2D eigenvalue weighted by Crippen LogP contribution is 2.30. The van der Waals surface area contributed by atoms with E-state index in [-0.39, 0.29) is 11.7 Å². The minimum Gasteiger partial charge on any atom is -0.368 e. The Morgan fingerprint density at radius 3 is 3.05 bits per heavy atom. The lowest BCUT2D eigenvalue weighted by Gasteiger charge is -2.33. The molecule has 1 fully saturated rings. The molecule has 5 nitrogen and oxygen atoms in total. The van der Waals surface area contributed by atoms with Gasteiger partial charge in [0.2, 0.25) is 5.89 Å². The third-order valence-corrected chi connectivity index (χ3v) is 3.99. The van der Waals surface area contributed by atoms with Gasteiger partial charge >= 0.3 is 0 Å². The second-order valence-electron chi connectivity index (χ2n) is 5.46. The first-order chi connectivity index (χ1) is 10.7. The molecule has 2 aromatic rings. The van der Waals surface area contributed by atoms with Gasteiger partial charge in [0.15, 0.2) is 5.82 Å². The van der Waals surface area contributed by atoms with Crippen LogP contribution in [0, 0.1) is 17.1 Å². The third-order valence-electron chi connectivity index (χ3n) is 3.99. The monoisotopic (exact) mass is 300 g/mol. The highest BCUT2D eigenvalue weighted by atomic mass is 19.1. The van der Waals surface area contributed by atoms with E-state index in [1.807, 2.05) is 17.9 Å². The summed E-state index contributed by atoms with van der Waals surface area (Å²) in [5.74, 6) is 1.13. The smallest absolute Gasteiger partial charge is 0.226 e. The molecule has 0 unspecified atom stereocenters. The number of benzene rings is 1. The van der Waals surface area contributed by atoms with Gasteiger partial charge in [-0.3, -0.25) is 0 Å². The molecule has 1 aromatic heterocycles. The molecule has 1 atom stereocenters. The van der Waals surface area contributed by atoms with E-state index in [2.05, 4.69) is 10.1 Å². The summed E-state index contributed by atoms with van der Waals surface area (Å²) in [7, 11) is 0. The molecule has 0 radical (unpaired) electrons. The van der Waals surface area contributed by atoms with Crippen molar-refractivity contribution in [2.24, 2.45) is 0 Å². The predicted molar refractivity (Wildman–Crippen MR) is 79.0 cm³/mol. The molecular formula is C16H17FN4O. The summed E-state index contributed by atoms with van der Waals surface area (Å²) in [5.41, 5.74) is 0.864. The van der Waals surface area contributed by atoms with Gasteiger partial charge in [0, 0.05) is 25.4 Å². The minimum absolute atomic E-state index is 0.146. The number of anilines is 1. The van der Waals surface area contributed by atoms with Crippen molar-refractivity contribution < 1.29 is 8.91 Å². The van der Waals surface area contributed by atoms with Crippen molar-refractivity contribution in [1.29, 1.82) is 5.26 Å². The predicted octanol–water partition coefficient (Wildman–Crippen LogP) is 3.03. The quantitative estimate of drug-likeness (QED) is 0.871. The Balaban J connectivity index is 1.79. The molecule has 6 heteroatoms. The number of nitriles is 1. The Kier molecular flexibility index (Phi) is 4.05. The van der Waals surface area contributed by atoms with Gasteiger partial charge in [-0.15, -0.1) is 0 Å². The van der Waals surface area contributed by atoms with Crippen molar-refractivity contribution in [2.75, 3.05) is 18.0 Å². The molecule has 0 spiro atoms. The summed E-state index contributed by atoms with van der Waals surface area (Å²) in [6, 6.07) is 6.55. The Morgan fingerprint density at radius 1 is 1.50 bits per heavy atom. The second-order valence-corrected chi connectivity index (χ2v) is 5.46. The molecule has 22 heavy (non-hydrogen) atoms. The standard InChI is InChI=1S/C16H17FN4O/c1-2-15-19-16(20-22-15)12-4-3-7-21(10-12)14-6-5-11(9-18)8-13(14)17/h5-6,8,12H,2-4,7,10H2,1H3/t12-/m1/s1. The van der Waals surface area contributed by atoms with E-state index in [1.54, 1.807) is 12.1 Å². The molecule has 0 saturated carbocycles. The average molecular weight is 300 g/mol. The van der Waals surface area contributed by atoms with Crippen molar-refractivity contribution >= 4 is 5.69 Å². The van der Waals surface area contributed by atoms with Gasteiger partial charge in [-0.1, -0.05) is 12.1 Å². The summed E-state index contributed by atoms with van der Waals surface area (Å²) in [6.07, 6.45) is 2.63. The SMILES string of the molecule is CCc1nc([C@@H]2CCCN(c3ccc(C#N)cc3F)C2)no1. The van der Waals surface area contributed by atoms with Crippen LogP contribution in [0.2, 0.25) is 0 Å². The largest absolute Gasteiger partial charge is 0.368 e. The summed E-state index contributed by atoms with van der Waals surface area (Å²) < 4.78 is 19.3. The molecule has 0 N–H and O–H groups in total. The topological polar surface area (TPSA) is 66.0 Å². The summed E-state index contributed by atoms with van der Waals surface area (Å²) >= 11 is 0. The van der Waals surface area contributed by atoms with Crippen LogP contribution in [0.5, 0.6) is 0 Å². The van der Waals surface area contributed by atoms with E-state index in [0.717, 1.165) is 19.4 Å². The van der Waals surface area contributed by atoms with E-state index in [1.165, 1.54) is 6.07 Å². The maximum Gasteiger partial charge on any atom is 0.226 e. The van der Waals surface area contributed by atoms with Gasteiger partial charge in [0.25, 0.3) is 0 Å². The molecule has 2 heterocycles. The number of halogens is 1.